The molecular weight excluding hydrogens is 302 g/mol. The van der Waals surface area contributed by atoms with Crippen LogP contribution in [0.15, 0.2) is 40.3 Å². The quantitative estimate of drug-likeness (QED) is 0.581. The molecule has 6 nitrogen and oxygen atoms in total. The van der Waals surface area contributed by atoms with Crippen molar-refractivity contribution in [2.75, 3.05) is 59.5 Å². The Kier molecular flexibility index (Phi) is 5.82. The second kappa shape index (κ2) is 8.26. The summed E-state index contributed by atoms with van der Waals surface area (Å²) < 4.78 is 5.47. The summed E-state index contributed by atoms with van der Waals surface area (Å²) in [5.41, 5.74) is 0.939. The third kappa shape index (κ3) is 4.55. The minimum Gasteiger partial charge on any atom is -0.378 e. The summed E-state index contributed by atoms with van der Waals surface area (Å²) in [6.07, 6.45) is 0. The Bertz CT molecular complexity index is 572. The summed E-state index contributed by atoms with van der Waals surface area (Å²) in [5, 5.41) is 0. The number of piperazine rings is 1. The van der Waals surface area contributed by atoms with Gasteiger partial charge in [-0.05, 0) is 26.1 Å². The summed E-state index contributed by atoms with van der Waals surface area (Å²) >= 11 is 0. The highest BCUT2D eigenvalue weighted by molar-refractivity contribution is 5.96. The van der Waals surface area contributed by atoms with Crippen LogP contribution in [0.3, 0.4) is 0 Å². The van der Waals surface area contributed by atoms with E-state index in [4.69, 9.17) is 14.7 Å². The van der Waals surface area contributed by atoms with Crippen molar-refractivity contribution in [2.24, 2.45) is 9.98 Å². The number of likely N-dealkylation sites (N-methyl/N-ethyl adjacent to an activating group) is 1. The van der Waals surface area contributed by atoms with E-state index in [1.165, 1.54) is 0 Å². The van der Waals surface area contributed by atoms with Gasteiger partial charge in [0.1, 0.15) is 5.84 Å². The van der Waals surface area contributed by atoms with E-state index in [2.05, 4.69) is 28.7 Å². The molecule has 2 fully saturated rings. The zero-order chi connectivity index (χ0) is 16.8. The van der Waals surface area contributed by atoms with E-state index in [-0.39, 0.29) is 0 Å². The lowest BCUT2D eigenvalue weighted by atomic mass is 10.3. The van der Waals surface area contributed by atoms with Gasteiger partial charge < -0.3 is 19.4 Å². The van der Waals surface area contributed by atoms with Crippen molar-refractivity contribution in [1.29, 1.82) is 0 Å². The third-order valence-electron chi connectivity index (χ3n) is 4.50. The van der Waals surface area contributed by atoms with Gasteiger partial charge in [0.25, 0.3) is 0 Å². The van der Waals surface area contributed by atoms with Crippen LogP contribution in [-0.2, 0) is 4.74 Å². The van der Waals surface area contributed by atoms with E-state index in [1.807, 2.05) is 30.3 Å². The van der Waals surface area contributed by atoms with Crippen molar-refractivity contribution in [3.63, 3.8) is 0 Å². The summed E-state index contributed by atoms with van der Waals surface area (Å²) in [6.45, 7) is 9.43. The molecule has 2 saturated heterocycles. The fraction of sp³-hybridized carbons (Fsp3) is 0.556. The Labute approximate surface area is 144 Å². The Morgan fingerprint density at radius 1 is 0.917 bits per heavy atom. The number of amidine groups is 1. The number of hydrogen-bond acceptors (Lipinski definition) is 3. The molecule has 0 saturated carbocycles. The number of aliphatic imine (C=N–C) groups is 2. The monoisotopic (exact) mass is 329 g/mol. The largest absolute Gasteiger partial charge is 0.378 e. The predicted molar refractivity (Wildman–Crippen MR) is 98.1 cm³/mol. The number of benzene rings is 1. The summed E-state index contributed by atoms with van der Waals surface area (Å²) in [6, 6.07) is 10.0. The molecule has 0 spiro atoms. The Hall–Kier alpha value is -1.92. The Balaban J connectivity index is 1.81. The molecule has 2 aliphatic heterocycles. The molecule has 0 N–H and O–H groups in total. The first-order valence-electron chi connectivity index (χ1n) is 8.67. The van der Waals surface area contributed by atoms with Gasteiger partial charge in [-0.25, -0.2) is 9.98 Å². The fourth-order valence-corrected chi connectivity index (χ4v) is 2.89. The van der Waals surface area contributed by atoms with Crippen LogP contribution >= 0.6 is 0 Å². The molecule has 3 rings (SSSR count). The maximum Gasteiger partial charge on any atom is 0.227 e. The van der Waals surface area contributed by atoms with Gasteiger partial charge in [0.2, 0.25) is 5.96 Å². The molecule has 2 heterocycles. The van der Waals surface area contributed by atoms with Crippen molar-refractivity contribution >= 4 is 17.5 Å². The molecule has 0 aromatic heterocycles. The summed E-state index contributed by atoms with van der Waals surface area (Å²) in [4.78, 5) is 16.6. The van der Waals surface area contributed by atoms with E-state index >= 15 is 0 Å². The second-order valence-electron chi connectivity index (χ2n) is 6.30. The second-order valence-corrected chi connectivity index (χ2v) is 6.30. The maximum absolute atomic E-state index is 5.47. The average molecular weight is 329 g/mol. The van der Waals surface area contributed by atoms with Crippen LogP contribution in [0.5, 0.6) is 0 Å². The molecule has 0 bridgehead atoms. The smallest absolute Gasteiger partial charge is 0.227 e. The van der Waals surface area contributed by atoms with Crippen LogP contribution in [0.2, 0.25) is 0 Å². The van der Waals surface area contributed by atoms with Gasteiger partial charge in [0, 0.05) is 39.3 Å². The van der Waals surface area contributed by atoms with Crippen LogP contribution < -0.4 is 0 Å². The Morgan fingerprint density at radius 3 is 2.25 bits per heavy atom. The highest BCUT2D eigenvalue weighted by atomic mass is 16.5. The molecule has 1 aromatic rings. The summed E-state index contributed by atoms with van der Waals surface area (Å²) in [7, 11) is 2.17. The van der Waals surface area contributed by atoms with Gasteiger partial charge in [-0.1, -0.05) is 18.2 Å². The first kappa shape index (κ1) is 16.9. The fourth-order valence-electron chi connectivity index (χ4n) is 2.89. The highest BCUT2D eigenvalue weighted by Gasteiger charge is 2.18. The molecule has 0 radical (unpaired) electrons. The number of hydrogen-bond donors (Lipinski definition) is 0. The van der Waals surface area contributed by atoms with Crippen molar-refractivity contribution in [1.82, 2.24) is 14.7 Å². The number of rotatable bonds is 1. The molecule has 24 heavy (non-hydrogen) atoms. The first-order valence-corrected chi connectivity index (χ1v) is 8.67. The van der Waals surface area contributed by atoms with E-state index in [0.717, 1.165) is 70.0 Å². The lowest BCUT2D eigenvalue weighted by molar-refractivity contribution is 0.0676. The van der Waals surface area contributed by atoms with Crippen molar-refractivity contribution in [3.05, 3.63) is 30.3 Å². The Morgan fingerprint density at radius 2 is 1.58 bits per heavy atom. The molecule has 0 amide bonds. The zero-order valence-corrected chi connectivity index (χ0v) is 14.7. The predicted octanol–water partition coefficient (Wildman–Crippen LogP) is 1.67. The van der Waals surface area contributed by atoms with Crippen LogP contribution in [0.1, 0.15) is 6.92 Å². The topological polar surface area (TPSA) is 43.7 Å². The number of nitrogens with zero attached hydrogens (tertiary/aromatic N) is 5. The van der Waals surface area contributed by atoms with E-state index in [1.54, 1.807) is 0 Å². The molecule has 130 valence electrons. The van der Waals surface area contributed by atoms with Gasteiger partial charge in [0.15, 0.2) is 0 Å². The van der Waals surface area contributed by atoms with E-state index in [9.17, 15) is 0 Å². The van der Waals surface area contributed by atoms with Gasteiger partial charge in [-0.15, -0.1) is 0 Å². The van der Waals surface area contributed by atoms with E-state index in [0.29, 0.717) is 0 Å². The molecular formula is C18H27N5O. The lowest BCUT2D eigenvalue weighted by Gasteiger charge is -2.34. The van der Waals surface area contributed by atoms with Gasteiger partial charge in [0.05, 0.1) is 18.9 Å². The maximum atomic E-state index is 5.47. The number of ether oxygens (including phenoxy) is 1. The zero-order valence-electron chi connectivity index (χ0n) is 14.7. The molecule has 2 aliphatic rings. The molecule has 0 atom stereocenters. The van der Waals surface area contributed by atoms with Gasteiger partial charge in [-0.3, -0.25) is 0 Å². The van der Waals surface area contributed by atoms with Gasteiger partial charge in [-0.2, -0.15) is 0 Å². The van der Waals surface area contributed by atoms with Crippen molar-refractivity contribution < 1.29 is 4.74 Å². The number of para-hydroxylation sites is 1. The van der Waals surface area contributed by atoms with Crippen LogP contribution in [0.25, 0.3) is 0 Å². The summed E-state index contributed by atoms with van der Waals surface area (Å²) in [5.74, 6) is 1.84. The van der Waals surface area contributed by atoms with Gasteiger partial charge >= 0.3 is 0 Å². The van der Waals surface area contributed by atoms with Crippen molar-refractivity contribution in [3.8, 4) is 0 Å². The average Bonchev–Trinajstić information content (AvgIpc) is 2.63. The van der Waals surface area contributed by atoms with Crippen LogP contribution in [0, 0.1) is 0 Å². The first-order chi connectivity index (χ1) is 11.7. The van der Waals surface area contributed by atoms with Crippen LogP contribution in [0.4, 0.5) is 5.69 Å². The SMILES string of the molecule is C/C(=N\C(=Nc1ccccc1)N1CCOCC1)N1CCN(C)CC1. The van der Waals surface area contributed by atoms with Crippen molar-refractivity contribution in [2.45, 2.75) is 6.92 Å². The molecule has 1 aromatic carbocycles. The normalized spacial score (nSPS) is 21.2. The standard InChI is InChI=1S/C18H27N5O/c1-16(22-10-8-21(2)9-11-22)19-18(23-12-14-24-15-13-23)20-17-6-4-3-5-7-17/h3-7H,8-15H2,1-2H3/b19-16+,20-18?. The minimum atomic E-state index is 0.733. The van der Waals surface area contributed by atoms with E-state index < -0.39 is 0 Å². The van der Waals surface area contributed by atoms with Crippen LogP contribution in [-0.4, -0.2) is 86.0 Å². The lowest BCUT2D eigenvalue weighted by Crippen LogP contribution is -2.47. The highest BCUT2D eigenvalue weighted by Crippen LogP contribution is 2.13. The molecule has 0 unspecified atom stereocenters. The number of guanidine groups is 1. The minimum absolute atomic E-state index is 0.733. The number of morpholine rings is 1. The third-order valence-corrected chi connectivity index (χ3v) is 4.50. The molecule has 6 heteroatoms. The molecule has 0 aliphatic carbocycles.